The molecule has 0 unspecified atom stereocenters. The van der Waals surface area contributed by atoms with Crippen LogP contribution >= 0.6 is 0 Å². The van der Waals surface area contributed by atoms with Crippen molar-refractivity contribution < 1.29 is 17.5 Å². The first-order valence-corrected chi connectivity index (χ1v) is 7.15. The third-order valence-corrected chi connectivity index (χ3v) is 4.18. The van der Waals surface area contributed by atoms with Crippen molar-refractivity contribution in [2.75, 3.05) is 20.8 Å². The van der Waals surface area contributed by atoms with E-state index in [-0.39, 0.29) is 4.90 Å². The van der Waals surface area contributed by atoms with E-state index in [1.165, 1.54) is 38.4 Å². The first-order chi connectivity index (χ1) is 9.50. The lowest BCUT2D eigenvalue weighted by Crippen LogP contribution is -2.21. The topological polar surface area (TPSA) is 104 Å². The minimum atomic E-state index is -3.53. The van der Waals surface area contributed by atoms with Crippen molar-refractivity contribution in [3.63, 3.8) is 0 Å². The zero-order valence-corrected chi connectivity index (χ0v) is 11.8. The van der Waals surface area contributed by atoms with Gasteiger partial charge in [0, 0.05) is 12.0 Å². The molecule has 110 valence electrons. The van der Waals surface area contributed by atoms with Crippen molar-refractivity contribution in [1.82, 2.24) is 4.72 Å². The molecule has 0 fully saturated rings. The molecule has 0 aliphatic carbocycles. The lowest BCUT2D eigenvalue weighted by Gasteiger charge is -2.20. The molecule has 0 aromatic heterocycles. The van der Waals surface area contributed by atoms with Crippen molar-refractivity contribution in [2.24, 2.45) is 5.11 Å². The van der Waals surface area contributed by atoms with Crippen LogP contribution in [0.2, 0.25) is 0 Å². The van der Waals surface area contributed by atoms with Gasteiger partial charge in [-0.05, 0) is 30.3 Å². The first-order valence-electron chi connectivity index (χ1n) is 5.66. The van der Waals surface area contributed by atoms with Crippen LogP contribution in [0.25, 0.3) is 10.4 Å². The lowest BCUT2D eigenvalue weighted by atomic mass is 10.0. The van der Waals surface area contributed by atoms with Crippen LogP contribution in [0, 0.1) is 0 Å². The number of nitrogens with zero attached hydrogens (tertiary/aromatic N) is 3. The predicted octanol–water partition coefficient (Wildman–Crippen LogP) is 1.93. The molecule has 0 saturated heterocycles. The third kappa shape index (κ3) is 3.67. The summed E-state index contributed by atoms with van der Waals surface area (Å²) >= 11 is 0. The Morgan fingerprint density at radius 2 is 2.05 bits per heavy atom. The van der Waals surface area contributed by atoms with Crippen LogP contribution in [0.4, 0.5) is 4.39 Å². The Bertz CT molecular complexity index is 584. The molecule has 0 aliphatic heterocycles. The Morgan fingerprint density at radius 1 is 1.45 bits per heavy atom. The summed E-state index contributed by atoms with van der Waals surface area (Å²) in [6.45, 7) is -0.876. The van der Waals surface area contributed by atoms with Crippen molar-refractivity contribution >= 4 is 10.0 Å². The molecule has 2 atom stereocenters. The highest BCUT2D eigenvalue weighted by atomic mass is 32.2. The number of halogens is 1. The first kappa shape index (κ1) is 16.4. The van der Waals surface area contributed by atoms with Crippen molar-refractivity contribution in [3.8, 4) is 0 Å². The van der Waals surface area contributed by atoms with E-state index in [9.17, 15) is 12.8 Å². The normalized spacial score (nSPS) is 14.3. The smallest absolute Gasteiger partial charge is 0.240 e. The lowest BCUT2D eigenvalue weighted by molar-refractivity contribution is 0.0721. The highest BCUT2D eigenvalue weighted by molar-refractivity contribution is 7.89. The molecule has 1 rings (SSSR count). The summed E-state index contributed by atoms with van der Waals surface area (Å²) in [4.78, 5) is 2.65. The minimum Gasteiger partial charge on any atom is -0.376 e. The average Bonchev–Trinajstić information content (AvgIpc) is 2.47. The molecule has 0 radical (unpaired) electrons. The summed E-state index contributed by atoms with van der Waals surface area (Å²) in [5.41, 5.74) is 8.92. The summed E-state index contributed by atoms with van der Waals surface area (Å²) in [5.74, 6) is 0. The van der Waals surface area contributed by atoms with Crippen LogP contribution in [0.3, 0.4) is 0 Å². The van der Waals surface area contributed by atoms with E-state index >= 15 is 0 Å². The fourth-order valence-electron chi connectivity index (χ4n) is 1.71. The van der Waals surface area contributed by atoms with Crippen LogP contribution in [-0.2, 0) is 14.8 Å². The summed E-state index contributed by atoms with van der Waals surface area (Å²) in [6.07, 6.45) is -0.776. The third-order valence-electron chi connectivity index (χ3n) is 2.75. The molecule has 0 heterocycles. The van der Waals surface area contributed by atoms with Gasteiger partial charge in [-0.2, -0.15) is 0 Å². The molecule has 0 amide bonds. The number of rotatable bonds is 7. The minimum absolute atomic E-state index is 0.0826. The number of hydrogen-bond acceptors (Lipinski definition) is 4. The van der Waals surface area contributed by atoms with E-state index in [0.29, 0.717) is 5.56 Å². The van der Waals surface area contributed by atoms with Gasteiger partial charge in [0.15, 0.2) is 0 Å². The number of ether oxygens (including phenoxy) is 1. The van der Waals surface area contributed by atoms with Crippen LogP contribution in [-0.4, -0.2) is 35.3 Å². The van der Waals surface area contributed by atoms with E-state index in [1.807, 2.05) is 0 Å². The largest absolute Gasteiger partial charge is 0.376 e. The summed E-state index contributed by atoms with van der Waals surface area (Å²) in [5, 5.41) is 3.33. The number of nitrogens with one attached hydrogen (secondary N) is 1. The summed E-state index contributed by atoms with van der Waals surface area (Å²) < 4.78 is 43.3. The second-order valence-corrected chi connectivity index (χ2v) is 5.75. The van der Waals surface area contributed by atoms with Gasteiger partial charge in [-0.1, -0.05) is 17.2 Å². The van der Waals surface area contributed by atoms with Crippen molar-refractivity contribution in [2.45, 2.75) is 17.0 Å². The van der Waals surface area contributed by atoms with Gasteiger partial charge in [0.05, 0.1) is 17.0 Å². The maximum Gasteiger partial charge on any atom is 0.240 e. The second-order valence-electron chi connectivity index (χ2n) is 3.86. The van der Waals surface area contributed by atoms with Crippen LogP contribution in [0.15, 0.2) is 34.3 Å². The van der Waals surface area contributed by atoms with Gasteiger partial charge in [-0.3, -0.25) is 4.39 Å². The molecule has 0 spiro atoms. The predicted molar refractivity (Wildman–Crippen MR) is 71.3 cm³/mol. The van der Waals surface area contributed by atoms with Gasteiger partial charge in [-0.25, -0.2) is 13.1 Å². The SMILES string of the molecule is CNS(=O)(=O)c1ccc([C@@H](OC)[C@@H](CF)N=[N+]=[N-])cc1. The maximum absolute atomic E-state index is 12.8. The van der Waals surface area contributed by atoms with Crippen LogP contribution < -0.4 is 4.72 Å². The highest BCUT2D eigenvalue weighted by Gasteiger charge is 2.22. The number of hydrogen-bond donors (Lipinski definition) is 1. The quantitative estimate of drug-likeness (QED) is 0.472. The Kier molecular flexibility index (Phi) is 5.90. The van der Waals surface area contributed by atoms with Gasteiger partial charge < -0.3 is 4.74 Å². The molecule has 0 bridgehead atoms. The Hall–Kier alpha value is -1.67. The number of benzene rings is 1. The monoisotopic (exact) mass is 302 g/mol. The van der Waals surface area contributed by atoms with Crippen molar-refractivity contribution in [1.29, 1.82) is 0 Å². The van der Waals surface area contributed by atoms with Crippen molar-refractivity contribution in [3.05, 3.63) is 40.3 Å². The standard InChI is InChI=1S/C11H15FN4O3S/c1-14-20(17,18)9-5-3-8(4-6-9)11(19-2)10(7-12)15-16-13/h3-6,10-11,14H,7H2,1-2H3/t10-,11-/m1/s1. The molecule has 1 aromatic rings. The average molecular weight is 302 g/mol. The molecule has 7 nitrogen and oxygen atoms in total. The Labute approximate surface area is 116 Å². The van der Waals surface area contributed by atoms with Gasteiger partial charge in [0.25, 0.3) is 0 Å². The number of azide groups is 1. The van der Waals surface area contributed by atoms with Gasteiger partial charge >= 0.3 is 0 Å². The molecule has 0 saturated carbocycles. The molecule has 20 heavy (non-hydrogen) atoms. The number of alkyl halides is 1. The number of sulfonamides is 1. The van der Waals surface area contributed by atoms with Gasteiger partial charge in [0.2, 0.25) is 10.0 Å². The van der Waals surface area contributed by atoms with Crippen LogP contribution in [0.5, 0.6) is 0 Å². The molecule has 9 heteroatoms. The molecular weight excluding hydrogens is 287 g/mol. The fourth-order valence-corrected chi connectivity index (χ4v) is 2.44. The van der Waals surface area contributed by atoms with E-state index in [0.717, 1.165) is 0 Å². The van der Waals surface area contributed by atoms with Gasteiger partial charge in [0.1, 0.15) is 6.67 Å². The molecule has 1 N–H and O–H groups in total. The molecular formula is C11H15FN4O3S. The Morgan fingerprint density at radius 3 is 2.45 bits per heavy atom. The highest BCUT2D eigenvalue weighted by Crippen LogP contribution is 2.24. The molecule has 0 aliphatic rings. The van der Waals surface area contributed by atoms with E-state index in [2.05, 4.69) is 14.7 Å². The van der Waals surface area contributed by atoms with E-state index in [1.54, 1.807) is 0 Å². The zero-order valence-electron chi connectivity index (χ0n) is 11.0. The fraction of sp³-hybridized carbons (Fsp3) is 0.455. The Balaban J connectivity index is 3.10. The zero-order chi connectivity index (χ0) is 15.2. The van der Waals surface area contributed by atoms with Crippen LogP contribution in [0.1, 0.15) is 11.7 Å². The maximum atomic E-state index is 12.8. The second kappa shape index (κ2) is 7.20. The summed E-state index contributed by atoms with van der Waals surface area (Å²) in [6, 6.07) is 4.73. The number of methoxy groups -OCH3 is 1. The summed E-state index contributed by atoms with van der Waals surface area (Å²) in [7, 11) is -0.863. The van der Waals surface area contributed by atoms with Gasteiger partial charge in [-0.15, -0.1) is 0 Å². The molecule has 1 aromatic carbocycles. The van der Waals surface area contributed by atoms with E-state index in [4.69, 9.17) is 10.3 Å². The van der Waals surface area contributed by atoms with E-state index < -0.39 is 28.8 Å².